The molecule has 0 N–H and O–H groups in total. The second-order valence-electron chi connectivity index (χ2n) is 11.7. The Hall–Kier alpha value is -5.70. The van der Waals surface area contributed by atoms with E-state index in [1.54, 1.807) is 0 Å². The Labute approximate surface area is 272 Å². The largest absolute Gasteiger partial charge is 0.309 e. The Morgan fingerprint density at radius 1 is 0.391 bits per heavy atom. The molecular formula is C44H29NS. The van der Waals surface area contributed by atoms with Gasteiger partial charge in [-0.2, -0.15) is 0 Å². The van der Waals surface area contributed by atoms with Gasteiger partial charge in [-0.1, -0.05) is 140 Å². The molecule has 9 rings (SSSR count). The lowest BCUT2D eigenvalue weighted by Gasteiger charge is -2.30. The molecule has 8 aromatic carbocycles. The molecule has 0 spiro atoms. The zero-order valence-electron chi connectivity index (χ0n) is 25.1. The van der Waals surface area contributed by atoms with E-state index in [1.165, 1.54) is 64.0 Å². The van der Waals surface area contributed by atoms with Gasteiger partial charge in [-0.3, -0.25) is 0 Å². The minimum absolute atomic E-state index is 1.12. The Bertz CT molecular complexity index is 2540. The van der Waals surface area contributed by atoms with Crippen LogP contribution >= 0.6 is 11.3 Å². The van der Waals surface area contributed by atoms with Crippen molar-refractivity contribution in [1.82, 2.24) is 0 Å². The first-order valence-electron chi connectivity index (χ1n) is 15.7. The first-order valence-corrected chi connectivity index (χ1v) is 16.5. The number of anilines is 3. The Kier molecular flexibility index (Phi) is 6.40. The van der Waals surface area contributed by atoms with Crippen LogP contribution in [-0.4, -0.2) is 0 Å². The van der Waals surface area contributed by atoms with Gasteiger partial charge in [0.15, 0.2) is 0 Å². The van der Waals surface area contributed by atoms with E-state index >= 15 is 0 Å². The summed E-state index contributed by atoms with van der Waals surface area (Å²) in [5, 5.41) is 7.53. The number of thiophene rings is 1. The summed E-state index contributed by atoms with van der Waals surface area (Å²) in [6.07, 6.45) is 0. The van der Waals surface area contributed by atoms with Crippen molar-refractivity contribution in [3.8, 4) is 22.3 Å². The molecule has 1 heterocycles. The SMILES string of the molecule is c1ccc(-c2cccc(N(c3ccc4ccccc4c3-c3cccc4sc5ccccc5c34)c3cccc4ccccc34)c2)cc1. The molecule has 0 amide bonds. The van der Waals surface area contributed by atoms with Crippen molar-refractivity contribution in [2.45, 2.75) is 0 Å². The van der Waals surface area contributed by atoms with Crippen LogP contribution in [0.4, 0.5) is 17.1 Å². The van der Waals surface area contributed by atoms with Crippen molar-refractivity contribution in [1.29, 1.82) is 0 Å². The van der Waals surface area contributed by atoms with Crippen LogP contribution < -0.4 is 4.90 Å². The van der Waals surface area contributed by atoms with E-state index in [0.717, 1.165) is 17.1 Å². The van der Waals surface area contributed by atoms with Crippen LogP contribution in [0.15, 0.2) is 176 Å². The lowest BCUT2D eigenvalue weighted by Crippen LogP contribution is -2.12. The van der Waals surface area contributed by atoms with Crippen LogP contribution in [0, 0.1) is 0 Å². The molecular weight excluding hydrogens is 575 g/mol. The van der Waals surface area contributed by atoms with Gasteiger partial charge >= 0.3 is 0 Å². The van der Waals surface area contributed by atoms with Crippen molar-refractivity contribution >= 4 is 70.1 Å². The molecule has 0 saturated heterocycles. The Balaban J connectivity index is 1.41. The molecule has 0 aliphatic rings. The molecule has 0 atom stereocenters. The minimum Gasteiger partial charge on any atom is -0.309 e. The minimum atomic E-state index is 1.12. The van der Waals surface area contributed by atoms with Gasteiger partial charge in [0.2, 0.25) is 0 Å². The normalized spacial score (nSPS) is 11.5. The van der Waals surface area contributed by atoms with Crippen LogP contribution in [0.25, 0.3) is 64.0 Å². The van der Waals surface area contributed by atoms with Gasteiger partial charge in [-0.05, 0) is 69.2 Å². The zero-order chi connectivity index (χ0) is 30.5. The number of nitrogens with zero attached hydrogens (tertiary/aromatic N) is 1. The molecule has 0 fully saturated rings. The molecule has 0 radical (unpaired) electrons. The number of fused-ring (bicyclic) bond motifs is 5. The molecule has 46 heavy (non-hydrogen) atoms. The van der Waals surface area contributed by atoms with Crippen LogP contribution in [0.2, 0.25) is 0 Å². The quantitative estimate of drug-likeness (QED) is 0.189. The van der Waals surface area contributed by atoms with E-state index in [1.807, 2.05) is 11.3 Å². The highest BCUT2D eigenvalue weighted by atomic mass is 32.1. The maximum absolute atomic E-state index is 2.48. The lowest BCUT2D eigenvalue weighted by atomic mass is 9.92. The summed E-state index contributed by atoms with van der Waals surface area (Å²) in [5.74, 6) is 0. The number of hydrogen-bond donors (Lipinski definition) is 0. The summed E-state index contributed by atoms with van der Waals surface area (Å²) in [7, 11) is 0. The predicted octanol–water partition coefficient (Wildman–Crippen LogP) is 13.2. The fraction of sp³-hybridized carbons (Fsp3) is 0. The van der Waals surface area contributed by atoms with Gasteiger partial charge < -0.3 is 4.90 Å². The molecule has 216 valence electrons. The third kappa shape index (κ3) is 4.38. The second-order valence-corrected chi connectivity index (χ2v) is 12.8. The second kappa shape index (κ2) is 11.0. The maximum atomic E-state index is 2.48. The van der Waals surface area contributed by atoms with Crippen molar-refractivity contribution in [2.75, 3.05) is 4.90 Å². The standard InChI is InChI=1S/C44H29NS/c1-2-13-30(14-3-1)33-18-10-19-34(29-33)45(39-24-11-17-31-15-4-6-20-35(31)39)40-28-27-32-16-5-7-21-36(32)43(40)38-23-12-26-42-44(38)37-22-8-9-25-41(37)46-42/h1-29H. The van der Waals surface area contributed by atoms with Gasteiger partial charge in [0.1, 0.15) is 0 Å². The van der Waals surface area contributed by atoms with Crippen LogP contribution in [-0.2, 0) is 0 Å². The first-order chi connectivity index (χ1) is 22.8. The molecule has 0 unspecified atom stereocenters. The molecule has 0 aliphatic heterocycles. The predicted molar refractivity (Wildman–Crippen MR) is 200 cm³/mol. The summed E-state index contributed by atoms with van der Waals surface area (Å²) in [4.78, 5) is 2.48. The Morgan fingerprint density at radius 2 is 1.02 bits per heavy atom. The van der Waals surface area contributed by atoms with E-state index in [2.05, 4.69) is 181 Å². The molecule has 9 aromatic rings. The number of rotatable bonds is 5. The van der Waals surface area contributed by atoms with Crippen molar-refractivity contribution in [3.05, 3.63) is 176 Å². The zero-order valence-corrected chi connectivity index (χ0v) is 25.9. The number of benzene rings is 8. The lowest BCUT2D eigenvalue weighted by molar-refractivity contribution is 1.30. The average Bonchev–Trinajstić information content (AvgIpc) is 3.51. The highest BCUT2D eigenvalue weighted by molar-refractivity contribution is 7.25. The van der Waals surface area contributed by atoms with Crippen LogP contribution in [0.3, 0.4) is 0 Å². The van der Waals surface area contributed by atoms with E-state index in [9.17, 15) is 0 Å². The number of hydrogen-bond acceptors (Lipinski definition) is 2. The van der Waals surface area contributed by atoms with Crippen LogP contribution in [0.1, 0.15) is 0 Å². The van der Waals surface area contributed by atoms with Gasteiger partial charge in [0, 0.05) is 36.8 Å². The van der Waals surface area contributed by atoms with Crippen molar-refractivity contribution < 1.29 is 0 Å². The van der Waals surface area contributed by atoms with Crippen LogP contribution in [0.5, 0.6) is 0 Å². The van der Waals surface area contributed by atoms with E-state index < -0.39 is 0 Å². The average molecular weight is 604 g/mol. The summed E-state index contributed by atoms with van der Waals surface area (Å²) >= 11 is 1.87. The Morgan fingerprint density at radius 3 is 1.89 bits per heavy atom. The van der Waals surface area contributed by atoms with Crippen molar-refractivity contribution in [3.63, 3.8) is 0 Å². The maximum Gasteiger partial charge on any atom is 0.0546 e. The summed E-state index contributed by atoms with van der Waals surface area (Å²) < 4.78 is 2.62. The first kappa shape index (κ1) is 26.7. The van der Waals surface area contributed by atoms with E-state index in [4.69, 9.17) is 0 Å². The smallest absolute Gasteiger partial charge is 0.0546 e. The summed E-state index contributed by atoms with van der Waals surface area (Å²) in [6, 6.07) is 64.0. The topological polar surface area (TPSA) is 3.24 Å². The molecule has 0 aliphatic carbocycles. The molecule has 0 bridgehead atoms. The van der Waals surface area contributed by atoms with Gasteiger partial charge in [0.05, 0.1) is 11.4 Å². The molecule has 1 aromatic heterocycles. The van der Waals surface area contributed by atoms with Gasteiger partial charge in [-0.15, -0.1) is 11.3 Å². The molecule has 0 saturated carbocycles. The fourth-order valence-corrected chi connectivity index (χ4v) is 8.11. The fourth-order valence-electron chi connectivity index (χ4n) is 6.98. The van der Waals surface area contributed by atoms with Crippen molar-refractivity contribution in [2.24, 2.45) is 0 Å². The summed E-state index contributed by atoms with van der Waals surface area (Å²) in [5.41, 5.74) is 8.32. The van der Waals surface area contributed by atoms with E-state index in [0.29, 0.717) is 0 Å². The molecule has 1 nitrogen and oxygen atoms in total. The highest BCUT2D eigenvalue weighted by Gasteiger charge is 2.23. The third-order valence-corrected chi connectivity index (χ3v) is 10.2. The van der Waals surface area contributed by atoms with Gasteiger partial charge in [-0.25, -0.2) is 0 Å². The van der Waals surface area contributed by atoms with Gasteiger partial charge in [0.25, 0.3) is 0 Å². The summed E-state index contributed by atoms with van der Waals surface area (Å²) in [6.45, 7) is 0. The third-order valence-electron chi connectivity index (χ3n) is 9.04. The monoisotopic (exact) mass is 603 g/mol. The highest BCUT2D eigenvalue weighted by Crippen LogP contribution is 2.49. The molecule has 2 heteroatoms. The van der Waals surface area contributed by atoms with E-state index in [-0.39, 0.29) is 0 Å².